The van der Waals surface area contributed by atoms with E-state index in [-0.39, 0.29) is 0 Å². The van der Waals surface area contributed by atoms with Crippen LogP contribution in [0.4, 0.5) is 0 Å². The highest BCUT2D eigenvalue weighted by molar-refractivity contribution is 8.02. The predicted octanol–water partition coefficient (Wildman–Crippen LogP) is 5.26. The van der Waals surface area contributed by atoms with Crippen molar-refractivity contribution < 1.29 is 4.74 Å². The summed E-state index contributed by atoms with van der Waals surface area (Å²) in [5.41, 5.74) is 3.90. The number of methoxy groups -OCH3 is 1. The molecule has 28 heavy (non-hydrogen) atoms. The molecule has 0 bridgehead atoms. The highest BCUT2D eigenvalue weighted by Crippen LogP contribution is 2.33. The Balaban J connectivity index is 1.38. The van der Waals surface area contributed by atoms with Crippen molar-refractivity contribution in [2.45, 2.75) is 20.2 Å². The molecule has 4 aromatic rings. The zero-order valence-corrected chi connectivity index (χ0v) is 17.5. The zero-order chi connectivity index (χ0) is 19.3. The number of hydrogen-bond acceptors (Lipinski definition) is 7. The normalized spacial score (nSPS) is 10.9. The number of thioether (sulfide) groups is 2. The maximum absolute atomic E-state index is 9.51. The van der Waals surface area contributed by atoms with E-state index in [1.165, 1.54) is 5.56 Å². The van der Waals surface area contributed by atoms with Crippen molar-refractivity contribution in [3.8, 4) is 11.8 Å². The fraction of sp³-hybridized carbons (Fsp3) is 0.150. The van der Waals surface area contributed by atoms with Crippen LogP contribution in [0.1, 0.15) is 16.7 Å². The Kier molecular flexibility index (Phi) is 5.86. The molecule has 0 atom stereocenters. The molecule has 0 aliphatic rings. The van der Waals surface area contributed by atoms with Crippen LogP contribution in [0.5, 0.6) is 5.75 Å². The van der Waals surface area contributed by atoms with Crippen LogP contribution in [-0.4, -0.2) is 21.7 Å². The van der Waals surface area contributed by atoms with E-state index in [9.17, 15) is 5.26 Å². The molecule has 4 rings (SSSR count). The maximum atomic E-state index is 9.51. The third-order valence-electron chi connectivity index (χ3n) is 4.13. The monoisotopic (exact) mass is 424 g/mol. The van der Waals surface area contributed by atoms with Crippen LogP contribution >= 0.6 is 34.9 Å². The molecule has 0 fully saturated rings. The lowest BCUT2D eigenvalue weighted by Crippen LogP contribution is -1.84. The molecular formula is C20H16N4OS3. The van der Waals surface area contributed by atoms with E-state index in [0.29, 0.717) is 5.75 Å². The lowest BCUT2D eigenvalue weighted by Gasteiger charge is -2.01. The van der Waals surface area contributed by atoms with Gasteiger partial charge in [-0.25, -0.2) is 0 Å². The van der Waals surface area contributed by atoms with Crippen LogP contribution in [0, 0.1) is 11.3 Å². The lowest BCUT2D eigenvalue weighted by atomic mass is 10.2. The molecule has 0 amide bonds. The lowest BCUT2D eigenvalue weighted by molar-refractivity contribution is 0.414. The van der Waals surface area contributed by atoms with Gasteiger partial charge in [-0.3, -0.25) is 0 Å². The summed E-state index contributed by atoms with van der Waals surface area (Å²) < 4.78 is 9.03. The molecule has 0 unspecified atom stereocenters. The van der Waals surface area contributed by atoms with Gasteiger partial charge in [0, 0.05) is 23.9 Å². The van der Waals surface area contributed by atoms with E-state index < -0.39 is 0 Å². The van der Waals surface area contributed by atoms with Crippen LogP contribution < -0.4 is 4.74 Å². The summed E-state index contributed by atoms with van der Waals surface area (Å²) in [4.78, 5) is 0. The fourth-order valence-electron chi connectivity index (χ4n) is 2.74. The molecule has 0 radical (unpaired) electrons. The first kappa shape index (κ1) is 18.9. The first-order chi connectivity index (χ1) is 13.8. The smallest absolute Gasteiger partial charge is 0.175 e. The van der Waals surface area contributed by atoms with Gasteiger partial charge in [0.05, 0.1) is 18.2 Å². The van der Waals surface area contributed by atoms with Gasteiger partial charge in [-0.1, -0.05) is 53.1 Å². The van der Waals surface area contributed by atoms with Crippen molar-refractivity contribution in [3.63, 3.8) is 0 Å². The Labute approximate surface area is 175 Å². The zero-order valence-electron chi connectivity index (χ0n) is 15.0. The molecule has 0 aliphatic heterocycles. The second-order valence-corrected chi connectivity index (χ2v) is 9.32. The third-order valence-corrected chi connectivity index (χ3v) is 7.44. The van der Waals surface area contributed by atoms with Gasteiger partial charge in [-0.05, 0) is 35.4 Å². The quantitative estimate of drug-likeness (QED) is 0.377. The second-order valence-electron chi connectivity index (χ2n) is 5.89. The third kappa shape index (κ3) is 4.17. The van der Waals surface area contributed by atoms with Gasteiger partial charge >= 0.3 is 0 Å². The van der Waals surface area contributed by atoms with E-state index >= 15 is 0 Å². The molecule has 5 nitrogen and oxygen atoms in total. The van der Waals surface area contributed by atoms with Crippen molar-refractivity contribution >= 4 is 40.4 Å². The number of aromatic nitrogens is 3. The first-order valence-electron chi connectivity index (χ1n) is 8.47. The minimum atomic E-state index is 0.697. The first-order valence-corrected chi connectivity index (χ1v) is 11.3. The molecule has 3 aromatic heterocycles. The van der Waals surface area contributed by atoms with Gasteiger partial charge in [0.25, 0.3) is 0 Å². The summed E-state index contributed by atoms with van der Waals surface area (Å²) in [5, 5.41) is 18.1. The number of hydrogen-bond donors (Lipinski definition) is 0. The van der Waals surface area contributed by atoms with Crippen LogP contribution in [-0.2, 0) is 11.5 Å². The highest BCUT2D eigenvalue weighted by atomic mass is 32.2. The number of nitriles is 1. The van der Waals surface area contributed by atoms with Gasteiger partial charge < -0.3 is 9.14 Å². The van der Waals surface area contributed by atoms with Crippen molar-refractivity contribution in [3.05, 3.63) is 71.5 Å². The average Bonchev–Trinajstić information content (AvgIpc) is 3.34. The summed E-state index contributed by atoms with van der Waals surface area (Å²) in [6.45, 7) is 0. The SMILES string of the molecule is COc1ccc(CSc2nnc(SCc3cn4ccccc4c3C#N)s2)cc1. The minimum absolute atomic E-state index is 0.697. The number of nitrogens with zero attached hydrogens (tertiary/aromatic N) is 4. The van der Waals surface area contributed by atoms with Crippen LogP contribution in [0.25, 0.3) is 5.52 Å². The van der Waals surface area contributed by atoms with Crippen LogP contribution in [0.2, 0.25) is 0 Å². The van der Waals surface area contributed by atoms with Gasteiger partial charge in [0.1, 0.15) is 11.8 Å². The standard InChI is InChI=1S/C20H16N4OS3/c1-25-16-7-5-14(6-8-16)12-26-19-22-23-20(28-19)27-13-15-11-24-9-3-2-4-18(24)17(15)10-21/h2-9,11H,12-13H2,1H3. The molecule has 0 saturated carbocycles. The van der Waals surface area contributed by atoms with Gasteiger partial charge in [-0.15, -0.1) is 10.2 Å². The van der Waals surface area contributed by atoms with Crippen molar-refractivity contribution in [1.29, 1.82) is 5.26 Å². The fourth-order valence-corrected chi connectivity index (χ4v) is 5.68. The van der Waals surface area contributed by atoms with E-state index in [0.717, 1.165) is 36.8 Å². The Morgan fingerprint density at radius 2 is 1.82 bits per heavy atom. The topological polar surface area (TPSA) is 63.2 Å². The van der Waals surface area contributed by atoms with Gasteiger partial charge in [-0.2, -0.15) is 5.26 Å². The van der Waals surface area contributed by atoms with E-state index in [4.69, 9.17) is 4.74 Å². The van der Waals surface area contributed by atoms with Gasteiger partial charge in [0.15, 0.2) is 8.68 Å². The molecule has 3 heterocycles. The number of fused-ring (bicyclic) bond motifs is 1. The molecule has 0 N–H and O–H groups in total. The average molecular weight is 425 g/mol. The van der Waals surface area contributed by atoms with Crippen LogP contribution in [0.15, 0.2) is 63.5 Å². The Morgan fingerprint density at radius 3 is 2.54 bits per heavy atom. The highest BCUT2D eigenvalue weighted by Gasteiger charge is 2.12. The minimum Gasteiger partial charge on any atom is -0.497 e. The summed E-state index contributed by atoms with van der Waals surface area (Å²) in [5.74, 6) is 2.40. The van der Waals surface area contributed by atoms with E-state index in [2.05, 4.69) is 28.4 Å². The Hall–Kier alpha value is -2.47. The number of ether oxygens (including phenoxy) is 1. The molecule has 0 spiro atoms. The van der Waals surface area contributed by atoms with E-state index in [1.807, 2.05) is 47.1 Å². The largest absolute Gasteiger partial charge is 0.497 e. The van der Waals surface area contributed by atoms with Crippen molar-refractivity contribution in [2.75, 3.05) is 7.11 Å². The predicted molar refractivity (Wildman–Crippen MR) is 114 cm³/mol. The number of benzene rings is 1. The molecular weight excluding hydrogens is 408 g/mol. The number of rotatable bonds is 7. The van der Waals surface area contributed by atoms with Crippen molar-refractivity contribution in [1.82, 2.24) is 14.6 Å². The van der Waals surface area contributed by atoms with Crippen LogP contribution in [0.3, 0.4) is 0 Å². The number of pyridine rings is 1. The summed E-state index contributed by atoms with van der Waals surface area (Å²) in [6.07, 6.45) is 3.98. The second kappa shape index (κ2) is 8.69. The molecule has 1 aromatic carbocycles. The summed E-state index contributed by atoms with van der Waals surface area (Å²) in [6, 6.07) is 16.2. The Bertz CT molecular complexity index is 1130. The molecule has 0 aliphatic carbocycles. The molecule has 140 valence electrons. The van der Waals surface area contributed by atoms with Crippen molar-refractivity contribution in [2.24, 2.45) is 0 Å². The summed E-state index contributed by atoms with van der Waals surface area (Å²) >= 11 is 4.88. The van der Waals surface area contributed by atoms with E-state index in [1.54, 1.807) is 42.0 Å². The Morgan fingerprint density at radius 1 is 1.07 bits per heavy atom. The maximum Gasteiger partial charge on any atom is 0.175 e. The van der Waals surface area contributed by atoms with Gasteiger partial charge in [0.2, 0.25) is 0 Å². The molecule has 0 saturated heterocycles. The molecule has 8 heteroatoms. The summed E-state index contributed by atoms with van der Waals surface area (Å²) in [7, 11) is 1.67.